The number of aliphatic hydroxyl groups excluding tert-OH is 3. The molecule has 0 aliphatic heterocycles. The number of rotatable bonds is 1. The van der Waals surface area contributed by atoms with Gasteiger partial charge in [-0.2, -0.15) is 0 Å². The molecular weight excluding hydrogens is 295 g/mol. The second kappa shape index (κ2) is 16.0. The molecule has 0 unspecified atom stereocenters. The van der Waals surface area contributed by atoms with Crippen LogP contribution in [0.15, 0.2) is 30.3 Å². The van der Waals surface area contributed by atoms with Crippen LogP contribution >= 0.6 is 0 Å². The topological polar surface area (TPSA) is 60.7 Å². The van der Waals surface area contributed by atoms with E-state index in [1.165, 1.54) is 0 Å². The van der Waals surface area contributed by atoms with Crippen molar-refractivity contribution in [3.63, 3.8) is 0 Å². The summed E-state index contributed by atoms with van der Waals surface area (Å²) in [6.45, 7) is 7.03. The predicted molar refractivity (Wildman–Crippen MR) is 67.1 cm³/mol. The van der Waals surface area contributed by atoms with Gasteiger partial charge in [0.25, 0.3) is 0 Å². The van der Waals surface area contributed by atoms with Gasteiger partial charge in [-0.15, -0.1) is 0 Å². The molecule has 0 saturated carbocycles. The molecule has 0 heterocycles. The molecule has 1 rings (SSSR count). The molecule has 0 atom stereocenters. The Morgan fingerprint density at radius 2 is 1.18 bits per heavy atom. The first-order valence-electron chi connectivity index (χ1n) is 5.41. The Morgan fingerprint density at radius 3 is 1.35 bits per heavy atom. The Labute approximate surface area is 124 Å². The fourth-order valence-corrected chi connectivity index (χ4v) is 0.583. The number of hydrogen-bond donors (Lipinski definition) is 3. The van der Waals surface area contributed by atoms with Crippen LogP contribution < -0.4 is 0 Å². The standard InChI is InChI=1S/C7H8O.2C3H8O.Zr/c8-6-7-4-2-1-3-5-7;2*1-3(2)4;/h1-5,8H,6H2;2*3-4H,1-2H3;. The predicted octanol–water partition coefficient (Wildman–Crippen LogP) is 1.95. The molecule has 0 spiro atoms. The first kappa shape index (κ1) is 22.2. The summed E-state index contributed by atoms with van der Waals surface area (Å²) < 4.78 is 0. The van der Waals surface area contributed by atoms with Crippen LogP contribution in [0.25, 0.3) is 0 Å². The molecule has 3 nitrogen and oxygen atoms in total. The average Bonchev–Trinajstić information content (AvgIpc) is 2.17. The van der Waals surface area contributed by atoms with Gasteiger partial charge in [0.15, 0.2) is 0 Å². The quantitative estimate of drug-likeness (QED) is 0.741. The van der Waals surface area contributed by atoms with E-state index in [0.717, 1.165) is 5.56 Å². The molecule has 0 fully saturated rings. The van der Waals surface area contributed by atoms with Crippen LogP contribution in [0.3, 0.4) is 0 Å². The molecule has 17 heavy (non-hydrogen) atoms. The summed E-state index contributed by atoms with van der Waals surface area (Å²) in [7, 11) is 0. The smallest absolute Gasteiger partial charge is 0.0681 e. The van der Waals surface area contributed by atoms with Crippen molar-refractivity contribution in [2.75, 3.05) is 0 Å². The molecular formula is C13H24O3Zr. The van der Waals surface area contributed by atoms with Crippen LogP contribution in [-0.2, 0) is 32.8 Å². The molecule has 3 N–H and O–H groups in total. The van der Waals surface area contributed by atoms with Gasteiger partial charge in [0.2, 0.25) is 0 Å². The molecule has 0 amide bonds. The molecule has 0 aromatic heterocycles. The van der Waals surface area contributed by atoms with Gasteiger partial charge in [-0.05, 0) is 33.3 Å². The number of aliphatic hydroxyl groups is 3. The van der Waals surface area contributed by atoms with Gasteiger partial charge in [-0.25, -0.2) is 0 Å². The summed E-state index contributed by atoms with van der Waals surface area (Å²) >= 11 is 0. The van der Waals surface area contributed by atoms with Gasteiger partial charge >= 0.3 is 0 Å². The summed E-state index contributed by atoms with van der Waals surface area (Å²) in [6.07, 6.45) is -0.333. The maximum Gasteiger partial charge on any atom is 0.0681 e. The molecule has 0 aliphatic rings. The van der Waals surface area contributed by atoms with Gasteiger partial charge in [0, 0.05) is 38.4 Å². The van der Waals surface area contributed by atoms with Crippen LogP contribution in [-0.4, -0.2) is 27.5 Å². The van der Waals surface area contributed by atoms with Crippen LogP contribution in [0.1, 0.15) is 33.3 Å². The third kappa shape index (κ3) is 31.4. The van der Waals surface area contributed by atoms with Crippen molar-refractivity contribution in [3.05, 3.63) is 35.9 Å². The van der Waals surface area contributed by atoms with Gasteiger partial charge in [0.05, 0.1) is 6.61 Å². The van der Waals surface area contributed by atoms with Crippen LogP contribution in [0.2, 0.25) is 0 Å². The Balaban J connectivity index is -0.000000189. The second-order valence-corrected chi connectivity index (χ2v) is 3.83. The Hall–Kier alpha value is -0.0169. The summed E-state index contributed by atoms with van der Waals surface area (Å²) in [6, 6.07) is 9.52. The van der Waals surface area contributed by atoms with Gasteiger partial charge in [0.1, 0.15) is 0 Å². The van der Waals surface area contributed by atoms with Crippen molar-refractivity contribution in [2.45, 2.75) is 46.5 Å². The van der Waals surface area contributed by atoms with E-state index in [2.05, 4.69) is 0 Å². The molecule has 0 saturated heterocycles. The monoisotopic (exact) mass is 318 g/mol. The zero-order valence-electron chi connectivity index (χ0n) is 11.1. The van der Waals surface area contributed by atoms with E-state index in [1.54, 1.807) is 27.7 Å². The third-order valence-corrected chi connectivity index (χ3v) is 1.03. The summed E-state index contributed by atoms with van der Waals surface area (Å²) in [4.78, 5) is 0. The minimum atomic E-state index is -0.167. The zero-order valence-corrected chi connectivity index (χ0v) is 13.5. The second-order valence-electron chi connectivity index (χ2n) is 3.83. The van der Waals surface area contributed by atoms with Crippen molar-refractivity contribution < 1.29 is 41.5 Å². The van der Waals surface area contributed by atoms with Gasteiger partial charge in [-0.3, -0.25) is 0 Å². The van der Waals surface area contributed by atoms with E-state index >= 15 is 0 Å². The molecule has 98 valence electrons. The third-order valence-electron chi connectivity index (χ3n) is 1.03. The van der Waals surface area contributed by atoms with E-state index in [0.29, 0.717) is 0 Å². The molecule has 1 aromatic rings. The maximum atomic E-state index is 8.54. The van der Waals surface area contributed by atoms with Crippen molar-refractivity contribution in [3.8, 4) is 0 Å². The van der Waals surface area contributed by atoms with Crippen LogP contribution in [0.4, 0.5) is 0 Å². The summed E-state index contributed by atoms with van der Waals surface area (Å²) in [5.74, 6) is 0. The molecule has 4 heteroatoms. The number of hydrogen-bond acceptors (Lipinski definition) is 3. The maximum absolute atomic E-state index is 8.54. The minimum Gasteiger partial charge on any atom is -0.394 e. The summed E-state index contributed by atoms with van der Waals surface area (Å²) in [5.41, 5.74) is 0.965. The largest absolute Gasteiger partial charge is 0.394 e. The van der Waals surface area contributed by atoms with Crippen molar-refractivity contribution >= 4 is 0 Å². The molecule has 0 bridgehead atoms. The molecule has 0 aliphatic carbocycles. The Kier molecular flexibility index (Phi) is 20.9. The van der Waals surface area contributed by atoms with E-state index in [1.807, 2.05) is 30.3 Å². The first-order chi connectivity index (χ1) is 7.40. The van der Waals surface area contributed by atoms with E-state index in [9.17, 15) is 0 Å². The van der Waals surface area contributed by atoms with Crippen LogP contribution in [0, 0.1) is 0 Å². The van der Waals surface area contributed by atoms with E-state index in [4.69, 9.17) is 15.3 Å². The fourth-order valence-electron chi connectivity index (χ4n) is 0.583. The van der Waals surface area contributed by atoms with Crippen molar-refractivity contribution in [1.29, 1.82) is 0 Å². The van der Waals surface area contributed by atoms with Gasteiger partial charge in [-0.1, -0.05) is 30.3 Å². The zero-order chi connectivity index (χ0) is 13.0. The van der Waals surface area contributed by atoms with Crippen molar-refractivity contribution in [2.24, 2.45) is 0 Å². The first-order valence-corrected chi connectivity index (χ1v) is 5.41. The van der Waals surface area contributed by atoms with Crippen molar-refractivity contribution in [1.82, 2.24) is 0 Å². The fraction of sp³-hybridized carbons (Fsp3) is 0.538. The summed E-state index contributed by atoms with van der Waals surface area (Å²) in [5, 5.41) is 24.6. The number of benzene rings is 1. The normalized spacial score (nSPS) is 8.53. The van der Waals surface area contributed by atoms with Gasteiger partial charge < -0.3 is 15.3 Å². The minimum absolute atomic E-state index is 0. The van der Waals surface area contributed by atoms with E-state index in [-0.39, 0.29) is 45.0 Å². The molecule has 1 aromatic carbocycles. The SMILES string of the molecule is CC(C)O.CC(C)O.OCc1ccccc1.[Zr]. The van der Waals surface area contributed by atoms with E-state index < -0.39 is 0 Å². The Bertz CT molecular complexity index is 214. The Morgan fingerprint density at radius 1 is 0.882 bits per heavy atom. The average molecular weight is 320 g/mol. The van der Waals surface area contributed by atoms with Crippen LogP contribution in [0.5, 0.6) is 0 Å². The molecule has 0 radical (unpaired) electrons.